The van der Waals surface area contributed by atoms with E-state index in [1.54, 1.807) is 17.7 Å². The highest BCUT2D eigenvalue weighted by molar-refractivity contribution is 6.29. The number of aryl methyl sites for hydroxylation is 1. The molecule has 2 fully saturated rings. The lowest BCUT2D eigenvalue weighted by atomic mass is 10.0. The van der Waals surface area contributed by atoms with Gasteiger partial charge in [0.05, 0.1) is 22.6 Å². The second-order valence-corrected chi connectivity index (χ2v) is 10.2. The van der Waals surface area contributed by atoms with Gasteiger partial charge in [-0.25, -0.2) is 19.6 Å². The number of hydrogen-bond acceptors (Lipinski definition) is 8. The number of nitrogens with one attached hydrogen (secondary N) is 2. The van der Waals surface area contributed by atoms with Crippen molar-refractivity contribution in [1.82, 2.24) is 19.9 Å². The Hall–Kier alpha value is -3.86. The third kappa shape index (κ3) is 4.62. The number of ether oxygens (including phenoxy) is 1. The number of hydrogen-bond donors (Lipinski definition) is 3. The molecule has 38 heavy (non-hydrogen) atoms. The van der Waals surface area contributed by atoms with E-state index in [1.807, 2.05) is 32.9 Å². The molecule has 1 aromatic carbocycles. The SMILES string of the molecule is CCNC(=O)OC1[C@H]2CN(c3nc4c(C(C)Nc5ccc(Cl)nc5C(=O)O)cc(C)cc4c(=O)n3C)C[C@@H]12. The highest BCUT2D eigenvalue weighted by Gasteiger charge is 2.59. The molecule has 2 aromatic heterocycles. The van der Waals surface area contributed by atoms with E-state index in [4.69, 9.17) is 21.3 Å². The number of benzene rings is 1. The molecule has 5 rings (SSSR count). The number of amides is 1. The van der Waals surface area contributed by atoms with Gasteiger partial charge in [-0.05, 0) is 44.5 Å². The number of carbonyl (C=O) groups is 2. The van der Waals surface area contributed by atoms with Gasteiger partial charge in [0.1, 0.15) is 11.3 Å². The summed E-state index contributed by atoms with van der Waals surface area (Å²) in [7, 11) is 1.71. The van der Waals surface area contributed by atoms with Crippen LogP contribution in [-0.2, 0) is 11.8 Å². The summed E-state index contributed by atoms with van der Waals surface area (Å²) in [5, 5.41) is 16.0. The zero-order valence-electron chi connectivity index (χ0n) is 21.5. The van der Waals surface area contributed by atoms with Crippen LogP contribution in [0.25, 0.3) is 10.9 Å². The Bertz CT molecular complexity index is 1500. The van der Waals surface area contributed by atoms with Gasteiger partial charge in [0, 0.05) is 44.1 Å². The van der Waals surface area contributed by atoms with Crippen molar-refractivity contribution in [1.29, 1.82) is 0 Å². The maximum absolute atomic E-state index is 13.4. The van der Waals surface area contributed by atoms with Crippen molar-refractivity contribution in [2.45, 2.75) is 32.9 Å². The first kappa shape index (κ1) is 25.8. The number of carbonyl (C=O) groups excluding carboxylic acids is 1. The molecule has 0 bridgehead atoms. The number of anilines is 2. The minimum Gasteiger partial charge on any atom is -0.476 e. The van der Waals surface area contributed by atoms with Crippen molar-refractivity contribution in [3.8, 4) is 0 Å². The monoisotopic (exact) mass is 540 g/mol. The number of alkyl carbamates (subject to hydrolysis) is 1. The summed E-state index contributed by atoms with van der Waals surface area (Å²) >= 11 is 5.90. The zero-order chi connectivity index (χ0) is 27.3. The number of nitrogens with zero attached hydrogens (tertiary/aromatic N) is 4. The number of halogens is 1. The number of carboxylic acid groups (broad SMARTS) is 1. The second kappa shape index (κ2) is 9.79. The molecule has 3 N–H and O–H groups in total. The molecule has 0 radical (unpaired) electrons. The zero-order valence-corrected chi connectivity index (χ0v) is 22.2. The molecule has 2 aliphatic rings. The van der Waals surface area contributed by atoms with Gasteiger partial charge in [-0.2, -0.15) is 0 Å². The smallest absolute Gasteiger partial charge is 0.407 e. The van der Waals surface area contributed by atoms with Gasteiger partial charge in [0.25, 0.3) is 5.56 Å². The van der Waals surface area contributed by atoms with E-state index < -0.39 is 18.1 Å². The van der Waals surface area contributed by atoms with Gasteiger partial charge >= 0.3 is 12.1 Å². The summed E-state index contributed by atoms with van der Waals surface area (Å²) in [4.78, 5) is 47.9. The Kier molecular flexibility index (Phi) is 6.64. The summed E-state index contributed by atoms with van der Waals surface area (Å²) in [5.74, 6) is -0.249. The molecule has 2 unspecified atom stereocenters. The molecule has 3 heterocycles. The maximum Gasteiger partial charge on any atom is 0.407 e. The number of aromatic nitrogens is 3. The van der Waals surface area contributed by atoms with Crippen molar-refractivity contribution in [2.75, 3.05) is 29.9 Å². The quantitative estimate of drug-likeness (QED) is 0.385. The molecule has 4 atom stereocenters. The van der Waals surface area contributed by atoms with E-state index in [0.717, 1.165) is 11.1 Å². The molecular formula is C26H29ClN6O5. The first-order valence-electron chi connectivity index (χ1n) is 12.5. The lowest BCUT2D eigenvalue weighted by Crippen LogP contribution is -2.34. The van der Waals surface area contributed by atoms with Crippen LogP contribution in [0.1, 0.15) is 41.5 Å². The molecule has 12 heteroatoms. The van der Waals surface area contributed by atoms with Gasteiger partial charge < -0.3 is 25.4 Å². The average molecular weight is 541 g/mol. The molecule has 1 aliphatic heterocycles. The third-order valence-corrected chi connectivity index (χ3v) is 7.41. The van der Waals surface area contributed by atoms with Crippen LogP contribution in [0, 0.1) is 18.8 Å². The topological polar surface area (TPSA) is 139 Å². The number of fused-ring (bicyclic) bond motifs is 2. The van der Waals surface area contributed by atoms with Crippen LogP contribution < -0.4 is 21.1 Å². The predicted octanol–water partition coefficient (Wildman–Crippen LogP) is 3.34. The Morgan fingerprint density at radius 1 is 1.24 bits per heavy atom. The van der Waals surface area contributed by atoms with Crippen molar-refractivity contribution in [3.05, 3.63) is 56.6 Å². The van der Waals surface area contributed by atoms with Gasteiger partial charge in [-0.15, -0.1) is 0 Å². The average Bonchev–Trinajstić information content (AvgIpc) is 3.29. The fraction of sp³-hybridized carbons (Fsp3) is 0.423. The standard InChI is InChI=1S/C26H29ClN6O5/c1-5-28-26(37)38-22-16-10-33(11-17(16)22)25-31-20-14(8-12(2)9-15(20)23(34)32(25)4)13(3)29-18-6-7-19(27)30-21(18)24(35)36/h6-9,13,16-17,22,29H,5,10-11H2,1-4H3,(H,28,37)(H,35,36)/t13?,16-,17+,22?. The van der Waals surface area contributed by atoms with E-state index in [2.05, 4.69) is 20.5 Å². The van der Waals surface area contributed by atoms with Gasteiger partial charge in [0.15, 0.2) is 5.69 Å². The molecule has 1 saturated heterocycles. The van der Waals surface area contributed by atoms with Crippen molar-refractivity contribution in [2.24, 2.45) is 18.9 Å². The van der Waals surface area contributed by atoms with Crippen molar-refractivity contribution >= 4 is 46.2 Å². The minimum atomic E-state index is -1.20. The Balaban J connectivity index is 1.46. The molecule has 3 aromatic rings. The van der Waals surface area contributed by atoms with Crippen LogP contribution in [-0.4, -0.2) is 57.4 Å². The summed E-state index contributed by atoms with van der Waals surface area (Å²) in [5.41, 5.74) is 2.14. The summed E-state index contributed by atoms with van der Waals surface area (Å²) in [6, 6.07) is 6.45. The van der Waals surface area contributed by atoms with Crippen molar-refractivity contribution in [3.63, 3.8) is 0 Å². The fourth-order valence-electron chi connectivity index (χ4n) is 5.30. The molecule has 0 spiro atoms. The summed E-state index contributed by atoms with van der Waals surface area (Å²) in [6.07, 6.45) is -0.521. The predicted molar refractivity (Wildman–Crippen MR) is 143 cm³/mol. The largest absolute Gasteiger partial charge is 0.476 e. The van der Waals surface area contributed by atoms with E-state index >= 15 is 0 Å². The number of piperidine rings is 1. The number of rotatable bonds is 7. The number of carboxylic acids is 1. The first-order chi connectivity index (χ1) is 18.1. The van der Waals surface area contributed by atoms with E-state index in [-0.39, 0.29) is 34.3 Å². The summed E-state index contributed by atoms with van der Waals surface area (Å²) in [6.45, 7) is 7.39. The van der Waals surface area contributed by atoms with E-state index in [1.165, 1.54) is 6.07 Å². The lowest BCUT2D eigenvalue weighted by Gasteiger charge is -2.25. The molecule has 1 amide bonds. The van der Waals surface area contributed by atoms with Gasteiger partial charge in [-0.3, -0.25) is 9.36 Å². The fourth-order valence-corrected chi connectivity index (χ4v) is 5.45. The first-order valence-corrected chi connectivity index (χ1v) is 12.8. The highest BCUT2D eigenvalue weighted by atomic mass is 35.5. The Morgan fingerprint density at radius 3 is 2.61 bits per heavy atom. The number of aromatic carboxylic acids is 1. The Morgan fingerprint density at radius 2 is 1.95 bits per heavy atom. The van der Waals surface area contributed by atoms with Crippen LogP contribution in [0.5, 0.6) is 0 Å². The van der Waals surface area contributed by atoms with E-state index in [9.17, 15) is 19.5 Å². The molecule has 1 aliphatic carbocycles. The lowest BCUT2D eigenvalue weighted by molar-refractivity contribution is 0.0691. The van der Waals surface area contributed by atoms with Crippen LogP contribution >= 0.6 is 11.6 Å². The van der Waals surface area contributed by atoms with Crippen LogP contribution in [0.3, 0.4) is 0 Å². The molecule has 11 nitrogen and oxygen atoms in total. The minimum absolute atomic E-state index is 0.0821. The molecule has 200 valence electrons. The molecule has 1 saturated carbocycles. The maximum atomic E-state index is 13.4. The van der Waals surface area contributed by atoms with E-state index in [0.29, 0.717) is 42.2 Å². The van der Waals surface area contributed by atoms with Crippen LogP contribution in [0.4, 0.5) is 16.4 Å². The van der Waals surface area contributed by atoms with Crippen LogP contribution in [0.2, 0.25) is 5.15 Å². The number of pyridine rings is 1. The third-order valence-electron chi connectivity index (χ3n) is 7.20. The normalized spacial score (nSPS) is 20.7. The van der Waals surface area contributed by atoms with Gasteiger partial charge in [0.2, 0.25) is 5.95 Å². The highest BCUT2D eigenvalue weighted by Crippen LogP contribution is 2.48. The second-order valence-electron chi connectivity index (χ2n) is 9.86. The van der Waals surface area contributed by atoms with Crippen LogP contribution in [0.15, 0.2) is 29.1 Å². The van der Waals surface area contributed by atoms with Gasteiger partial charge in [-0.1, -0.05) is 17.7 Å². The van der Waals surface area contributed by atoms with Crippen molar-refractivity contribution < 1.29 is 19.4 Å². The summed E-state index contributed by atoms with van der Waals surface area (Å²) < 4.78 is 7.06. The Labute approximate surface area is 223 Å². The molecular weight excluding hydrogens is 512 g/mol.